The van der Waals surface area contributed by atoms with Gasteiger partial charge in [0, 0.05) is 12.3 Å². The normalized spacial score (nSPS) is 14.4. The average molecular weight is 342 g/mol. The lowest BCUT2D eigenvalue weighted by atomic mass is 10.3. The van der Waals surface area contributed by atoms with Crippen molar-refractivity contribution >= 4 is 21.4 Å². The molecular formula is C16H20ClNO3S. The highest BCUT2D eigenvalue weighted by atomic mass is 35.5. The molecule has 0 aromatic heterocycles. The predicted octanol–water partition coefficient (Wildman–Crippen LogP) is 3.98. The van der Waals surface area contributed by atoms with E-state index in [1.165, 1.54) is 12.1 Å². The fourth-order valence-corrected chi connectivity index (χ4v) is 3.58. The number of allylic oxidation sites excluding steroid dienone is 2. The number of sulfone groups is 1. The molecule has 0 unspecified atom stereocenters. The Kier molecular flexibility index (Phi) is 5.91. The summed E-state index contributed by atoms with van der Waals surface area (Å²) < 4.78 is 24.7. The molecule has 0 N–H and O–H groups in total. The first kappa shape index (κ1) is 16.9. The fraction of sp³-hybridized carbons (Fsp3) is 0.375. The lowest BCUT2D eigenvalue weighted by Crippen LogP contribution is -2.23. The summed E-state index contributed by atoms with van der Waals surface area (Å²) in [5.41, 5.74) is 0. The number of rotatable bonds is 7. The number of hydrogen-bond acceptors (Lipinski definition) is 4. The zero-order valence-corrected chi connectivity index (χ0v) is 14.1. The van der Waals surface area contributed by atoms with Crippen molar-refractivity contribution in [2.45, 2.75) is 31.1 Å². The van der Waals surface area contributed by atoms with Gasteiger partial charge in [0.05, 0.1) is 22.2 Å². The standard InChI is InChI=1S/C16H20ClNO3S/c1-2-3-7-12-22(19,20)14-8-9-15(17)16(13-14)21-18-10-5-4-6-11-18/h4-6,8-10,13H,2-3,7,11-12H2,1H3. The fourth-order valence-electron chi connectivity index (χ4n) is 2.05. The van der Waals surface area contributed by atoms with E-state index in [2.05, 4.69) is 0 Å². The van der Waals surface area contributed by atoms with Gasteiger partial charge in [0.25, 0.3) is 0 Å². The Labute approximate surface area is 136 Å². The molecule has 1 aliphatic heterocycles. The summed E-state index contributed by atoms with van der Waals surface area (Å²) in [6.45, 7) is 2.63. The molecule has 2 rings (SSSR count). The summed E-state index contributed by atoms with van der Waals surface area (Å²) in [7, 11) is -3.30. The van der Waals surface area contributed by atoms with Crippen LogP contribution >= 0.6 is 11.6 Å². The Morgan fingerprint density at radius 2 is 2.09 bits per heavy atom. The van der Waals surface area contributed by atoms with Gasteiger partial charge in [-0.15, -0.1) is 0 Å². The minimum Gasteiger partial charge on any atom is -0.378 e. The molecule has 0 amide bonds. The van der Waals surface area contributed by atoms with Gasteiger partial charge in [0.2, 0.25) is 0 Å². The minimum absolute atomic E-state index is 0.147. The highest BCUT2D eigenvalue weighted by Crippen LogP contribution is 2.29. The van der Waals surface area contributed by atoms with Crippen LogP contribution in [0, 0.1) is 0 Å². The van der Waals surface area contributed by atoms with Crippen molar-refractivity contribution in [2.24, 2.45) is 0 Å². The molecule has 4 nitrogen and oxygen atoms in total. The van der Waals surface area contributed by atoms with E-state index < -0.39 is 9.84 Å². The third-order valence-corrected chi connectivity index (χ3v) is 5.39. The molecule has 1 heterocycles. The molecular weight excluding hydrogens is 322 g/mol. The third kappa shape index (κ3) is 4.52. The van der Waals surface area contributed by atoms with E-state index in [-0.39, 0.29) is 10.6 Å². The quantitative estimate of drug-likeness (QED) is 0.704. The van der Waals surface area contributed by atoms with Crippen LogP contribution in [0.3, 0.4) is 0 Å². The van der Waals surface area contributed by atoms with E-state index in [9.17, 15) is 8.42 Å². The zero-order valence-electron chi connectivity index (χ0n) is 12.5. The van der Waals surface area contributed by atoms with Crippen LogP contribution in [-0.4, -0.2) is 25.8 Å². The van der Waals surface area contributed by atoms with Crippen molar-refractivity contribution in [3.8, 4) is 5.75 Å². The van der Waals surface area contributed by atoms with Crippen LogP contribution in [-0.2, 0) is 9.84 Å². The molecule has 1 aromatic rings. The number of nitrogens with zero attached hydrogens (tertiary/aromatic N) is 1. The Hall–Kier alpha value is -1.46. The van der Waals surface area contributed by atoms with Gasteiger partial charge in [0.1, 0.15) is 0 Å². The van der Waals surface area contributed by atoms with Crippen molar-refractivity contribution in [3.63, 3.8) is 0 Å². The molecule has 0 aliphatic carbocycles. The van der Waals surface area contributed by atoms with E-state index in [4.69, 9.17) is 16.4 Å². The van der Waals surface area contributed by atoms with Crippen molar-refractivity contribution in [2.75, 3.05) is 12.3 Å². The van der Waals surface area contributed by atoms with Gasteiger partial charge < -0.3 is 4.84 Å². The number of benzene rings is 1. The first-order valence-corrected chi connectivity index (χ1v) is 9.36. The first-order chi connectivity index (χ1) is 10.5. The molecule has 120 valence electrons. The molecule has 0 saturated carbocycles. The highest BCUT2D eigenvalue weighted by molar-refractivity contribution is 7.91. The monoisotopic (exact) mass is 341 g/mol. The van der Waals surface area contributed by atoms with Crippen molar-refractivity contribution < 1.29 is 13.3 Å². The Balaban J connectivity index is 2.15. The lowest BCUT2D eigenvalue weighted by molar-refractivity contribution is 0.00341. The molecule has 0 spiro atoms. The van der Waals surface area contributed by atoms with E-state index in [0.717, 1.165) is 12.8 Å². The van der Waals surface area contributed by atoms with Gasteiger partial charge in [-0.2, -0.15) is 0 Å². The number of hydrogen-bond donors (Lipinski definition) is 0. The van der Waals surface area contributed by atoms with Gasteiger partial charge in [-0.05, 0) is 24.6 Å². The largest absolute Gasteiger partial charge is 0.378 e. The molecule has 0 fully saturated rings. The first-order valence-electron chi connectivity index (χ1n) is 7.33. The van der Waals surface area contributed by atoms with Gasteiger partial charge in [-0.3, -0.25) is 0 Å². The molecule has 0 radical (unpaired) electrons. The summed E-state index contributed by atoms with van der Waals surface area (Å²) >= 11 is 6.10. The average Bonchev–Trinajstić information content (AvgIpc) is 2.50. The number of halogens is 1. The lowest BCUT2D eigenvalue weighted by Gasteiger charge is -2.21. The van der Waals surface area contributed by atoms with Crippen LogP contribution in [0.4, 0.5) is 0 Å². The van der Waals surface area contributed by atoms with Crippen molar-refractivity contribution in [1.29, 1.82) is 0 Å². The molecule has 0 saturated heterocycles. The molecule has 22 heavy (non-hydrogen) atoms. The molecule has 0 bridgehead atoms. The second-order valence-electron chi connectivity index (χ2n) is 5.08. The van der Waals surface area contributed by atoms with Crippen LogP contribution in [0.2, 0.25) is 5.02 Å². The van der Waals surface area contributed by atoms with Gasteiger partial charge >= 0.3 is 0 Å². The topological polar surface area (TPSA) is 46.6 Å². The van der Waals surface area contributed by atoms with Crippen LogP contribution < -0.4 is 4.84 Å². The van der Waals surface area contributed by atoms with Crippen LogP contribution in [0.25, 0.3) is 0 Å². The Morgan fingerprint density at radius 1 is 1.27 bits per heavy atom. The van der Waals surface area contributed by atoms with E-state index >= 15 is 0 Å². The molecule has 1 aromatic carbocycles. The predicted molar refractivity (Wildman–Crippen MR) is 88.6 cm³/mol. The zero-order chi connectivity index (χ0) is 16.0. The van der Waals surface area contributed by atoms with E-state index in [1.54, 1.807) is 17.3 Å². The molecule has 1 aliphatic rings. The molecule has 0 atom stereocenters. The number of unbranched alkanes of at least 4 members (excludes halogenated alkanes) is 2. The highest BCUT2D eigenvalue weighted by Gasteiger charge is 2.17. The van der Waals surface area contributed by atoms with E-state index in [1.807, 2.05) is 25.2 Å². The van der Waals surface area contributed by atoms with Gasteiger partial charge in [0.15, 0.2) is 15.6 Å². The number of hydroxylamine groups is 2. The Bertz CT molecular complexity index is 668. The SMILES string of the molecule is CCCCCS(=O)(=O)c1ccc(Cl)c(ON2C=CC=CC2)c1. The maximum Gasteiger partial charge on any atom is 0.178 e. The van der Waals surface area contributed by atoms with Crippen LogP contribution in [0.15, 0.2) is 47.5 Å². The second-order valence-corrected chi connectivity index (χ2v) is 7.60. The van der Waals surface area contributed by atoms with Crippen molar-refractivity contribution in [1.82, 2.24) is 5.06 Å². The van der Waals surface area contributed by atoms with Crippen LogP contribution in [0.5, 0.6) is 5.75 Å². The van der Waals surface area contributed by atoms with Crippen LogP contribution in [0.1, 0.15) is 26.2 Å². The summed E-state index contributed by atoms with van der Waals surface area (Å²) in [5, 5.41) is 1.98. The third-order valence-electron chi connectivity index (χ3n) is 3.28. The Morgan fingerprint density at radius 3 is 2.77 bits per heavy atom. The molecule has 6 heteroatoms. The maximum atomic E-state index is 12.3. The summed E-state index contributed by atoms with van der Waals surface area (Å²) in [6, 6.07) is 4.59. The summed E-state index contributed by atoms with van der Waals surface area (Å²) in [6.07, 6.45) is 9.99. The van der Waals surface area contributed by atoms with Crippen molar-refractivity contribution in [3.05, 3.63) is 47.6 Å². The summed E-state index contributed by atoms with van der Waals surface area (Å²) in [5.74, 6) is 0.493. The van der Waals surface area contributed by atoms with Gasteiger partial charge in [-0.25, -0.2) is 13.5 Å². The maximum absolute atomic E-state index is 12.3. The second kappa shape index (κ2) is 7.70. The summed E-state index contributed by atoms with van der Waals surface area (Å²) in [4.78, 5) is 5.90. The van der Waals surface area contributed by atoms with Gasteiger partial charge in [-0.1, -0.05) is 43.5 Å². The smallest absolute Gasteiger partial charge is 0.178 e. The minimum atomic E-state index is -3.30. The van der Waals surface area contributed by atoms with E-state index in [0.29, 0.717) is 23.7 Å².